The Morgan fingerprint density at radius 3 is 2.55 bits per heavy atom. The second kappa shape index (κ2) is 7.96. The van der Waals surface area contributed by atoms with Gasteiger partial charge >= 0.3 is 17.6 Å². The molecular weight excluding hydrogens is 292 g/mol. The number of esters is 1. The van der Waals surface area contributed by atoms with Crippen LogP contribution in [0.15, 0.2) is 15.3 Å². The molecule has 0 aliphatic carbocycles. The molecule has 0 radical (unpaired) electrons. The van der Waals surface area contributed by atoms with Crippen LogP contribution in [0.2, 0.25) is 0 Å². The van der Waals surface area contributed by atoms with Crippen molar-refractivity contribution >= 4 is 17.9 Å². The summed E-state index contributed by atoms with van der Waals surface area (Å²) in [7, 11) is 0. The number of ether oxygens (including phenoxy) is 1. The highest BCUT2D eigenvalue weighted by molar-refractivity contribution is 5.97. The summed E-state index contributed by atoms with van der Waals surface area (Å²) in [5.41, 5.74) is -0.0976. The van der Waals surface area contributed by atoms with Crippen LogP contribution in [0.4, 0.5) is 4.79 Å². The number of imide groups is 1. The molecule has 22 heavy (non-hydrogen) atoms. The molecule has 0 atom stereocenters. The van der Waals surface area contributed by atoms with E-state index in [0.29, 0.717) is 12.1 Å². The van der Waals surface area contributed by atoms with Crippen molar-refractivity contribution in [3.8, 4) is 0 Å². The van der Waals surface area contributed by atoms with Gasteiger partial charge in [0.15, 0.2) is 6.61 Å². The second-order valence-corrected chi connectivity index (χ2v) is 4.56. The average Bonchev–Trinajstić information content (AvgIpc) is 2.41. The molecule has 0 aliphatic heterocycles. The zero-order chi connectivity index (χ0) is 16.7. The first-order valence-electron chi connectivity index (χ1n) is 6.71. The molecule has 1 aromatic rings. The van der Waals surface area contributed by atoms with Gasteiger partial charge in [-0.25, -0.2) is 14.4 Å². The molecule has 0 saturated heterocycles. The monoisotopic (exact) mass is 310 g/mol. The number of hydrogen-bond donors (Lipinski definition) is 2. The summed E-state index contributed by atoms with van der Waals surface area (Å²) in [5.74, 6) is -1.45. The third-order valence-electron chi connectivity index (χ3n) is 2.66. The topological polar surface area (TPSA) is 115 Å². The summed E-state index contributed by atoms with van der Waals surface area (Å²) in [4.78, 5) is 45.7. The van der Waals surface area contributed by atoms with Gasteiger partial charge in [0.1, 0.15) is 11.3 Å². The van der Waals surface area contributed by atoms with Crippen molar-refractivity contribution in [2.75, 3.05) is 13.2 Å². The van der Waals surface area contributed by atoms with Crippen LogP contribution < -0.4 is 16.3 Å². The minimum Gasteiger partial charge on any atom is -0.452 e. The third-order valence-corrected chi connectivity index (χ3v) is 2.66. The predicted octanol–water partition coefficient (Wildman–Crippen LogP) is 0.649. The molecule has 1 aromatic heterocycles. The van der Waals surface area contributed by atoms with Gasteiger partial charge in [0.2, 0.25) is 0 Å². The molecule has 120 valence electrons. The lowest BCUT2D eigenvalue weighted by molar-refractivity contribution is -0.123. The van der Waals surface area contributed by atoms with E-state index in [1.807, 2.05) is 12.2 Å². The van der Waals surface area contributed by atoms with Crippen LogP contribution in [0.3, 0.4) is 0 Å². The van der Waals surface area contributed by atoms with Gasteiger partial charge in [-0.15, -0.1) is 0 Å². The highest BCUT2D eigenvalue weighted by atomic mass is 16.5. The summed E-state index contributed by atoms with van der Waals surface area (Å²) in [6.07, 6.45) is 0.731. The minimum atomic E-state index is -0.803. The van der Waals surface area contributed by atoms with E-state index in [-0.39, 0.29) is 11.3 Å². The molecule has 0 unspecified atom stereocenters. The van der Waals surface area contributed by atoms with Crippen molar-refractivity contribution in [2.24, 2.45) is 0 Å². The fraction of sp³-hybridized carbons (Fsp3) is 0.429. The average molecular weight is 310 g/mol. The van der Waals surface area contributed by atoms with Crippen LogP contribution >= 0.6 is 0 Å². The number of carbonyl (C=O) groups excluding carboxylic acids is 3. The molecule has 8 nitrogen and oxygen atoms in total. The number of rotatable bonds is 5. The molecule has 2 N–H and O–H groups in total. The van der Waals surface area contributed by atoms with Crippen LogP contribution in [0.25, 0.3) is 0 Å². The van der Waals surface area contributed by atoms with E-state index in [1.54, 1.807) is 6.92 Å². The number of urea groups is 1. The molecule has 1 rings (SSSR count). The molecular formula is C14H18N2O6. The van der Waals surface area contributed by atoms with Crippen molar-refractivity contribution < 1.29 is 23.5 Å². The molecule has 0 aliphatic rings. The first-order valence-corrected chi connectivity index (χ1v) is 6.71. The standard InChI is InChI=1S/C14H18N2O6/c1-4-5-15-14(20)16-10(17)7-21-13(19)12-8(2)6-11(18)22-9(12)3/h6H,4-5,7H2,1-3H3,(H2,15,16,17,20). The maximum Gasteiger partial charge on any atom is 0.342 e. The number of nitrogens with one attached hydrogen (secondary N) is 2. The smallest absolute Gasteiger partial charge is 0.342 e. The first-order chi connectivity index (χ1) is 10.3. The molecule has 8 heteroatoms. The summed E-state index contributed by atoms with van der Waals surface area (Å²) in [6, 6.07) is 0.503. The third kappa shape index (κ3) is 5.04. The maximum absolute atomic E-state index is 11.9. The van der Waals surface area contributed by atoms with Crippen LogP contribution in [-0.4, -0.2) is 31.1 Å². The Morgan fingerprint density at radius 1 is 1.27 bits per heavy atom. The predicted molar refractivity (Wildman–Crippen MR) is 76.6 cm³/mol. The zero-order valence-corrected chi connectivity index (χ0v) is 12.6. The Hall–Kier alpha value is -2.64. The minimum absolute atomic E-state index is 0.0860. The lowest BCUT2D eigenvalue weighted by atomic mass is 10.1. The van der Waals surface area contributed by atoms with Crippen LogP contribution in [0, 0.1) is 13.8 Å². The molecule has 0 aromatic carbocycles. The molecule has 0 fully saturated rings. The Balaban J connectivity index is 2.58. The molecule has 0 bridgehead atoms. The maximum atomic E-state index is 11.9. The number of aryl methyl sites for hydroxylation is 2. The highest BCUT2D eigenvalue weighted by Gasteiger charge is 2.18. The van der Waals surface area contributed by atoms with E-state index in [0.717, 1.165) is 12.5 Å². The van der Waals surface area contributed by atoms with Gasteiger partial charge < -0.3 is 14.5 Å². The van der Waals surface area contributed by atoms with E-state index in [2.05, 4.69) is 5.32 Å². The Bertz CT molecular complexity index is 608. The first kappa shape index (κ1) is 17.4. The van der Waals surface area contributed by atoms with E-state index in [1.165, 1.54) is 6.92 Å². The van der Waals surface area contributed by atoms with Gasteiger partial charge in [0.25, 0.3) is 5.91 Å². The highest BCUT2D eigenvalue weighted by Crippen LogP contribution is 2.12. The zero-order valence-electron chi connectivity index (χ0n) is 12.6. The van der Waals surface area contributed by atoms with Gasteiger partial charge in [-0.2, -0.15) is 0 Å². The van der Waals surface area contributed by atoms with Crippen molar-refractivity contribution in [2.45, 2.75) is 27.2 Å². The normalized spacial score (nSPS) is 9.95. The largest absolute Gasteiger partial charge is 0.452 e. The van der Waals surface area contributed by atoms with E-state index < -0.39 is 30.1 Å². The van der Waals surface area contributed by atoms with Gasteiger partial charge in [-0.05, 0) is 25.8 Å². The number of hydrogen-bond acceptors (Lipinski definition) is 6. The molecule has 0 spiro atoms. The van der Waals surface area contributed by atoms with Crippen LogP contribution in [-0.2, 0) is 9.53 Å². The summed E-state index contributed by atoms with van der Waals surface area (Å²) in [5, 5.41) is 4.47. The molecule has 3 amide bonds. The van der Waals surface area contributed by atoms with Crippen molar-refractivity contribution in [1.82, 2.24) is 10.6 Å². The lowest BCUT2D eigenvalue weighted by Crippen LogP contribution is -2.41. The van der Waals surface area contributed by atoms with Crippen molar-refractivity contribution in [3.63, 3.8) is 0 Å². The summed E-state index contributed by atoms with van der Waals surface area (Å²) in [6.45, 7) is 4.69. The van der Waals surface area contributed by atoms with E-state index in [9.17, 15) is 19.2 Å². The number of carbonyl (C=O) groups is 3. The van der Waals surface area contributed by atoms with Gasteiger partial charge in [0, 0.05) is 12.6 Å². The molecule has 0 saturated carbocycles. The summed E-state index contributed by atoms with van der Waals surface area (Å²) < 4.78 is 9.61. The Morgan fingerprint density at radius 2 is 1.95 bits per heavy atom. The van der Waals surface area contributed by atoms with Gasteiger partial charge in [0.05, 0.1) is 0 Å². The van der Waals surface area contributed by atoms with E-state index in [4.69, 9.17) is 9.15 Å². The van der Waals surface area contributed by atoms with Gasteiger partial charge in [-0.3, -0.25) is 10.1 Å². The molecule has 1 heterocycles. The SMILES string of the molecule is CCCNC(=O)NC(=O)COC(=O)c1c(C)cc(=O)oc1C. The number of amides is 3. The van der Waals surface area contributed by atoms with Gasteiger partial charge in [-0.1, -0.05) is 6.92 Å². The van der Waals surface area contributed by atoms with Crippen molar-refractivity contribution in [1.29, 1.82) is 0 Å². The Kier molecular flexibility index (Phi) is 6.30. The fourth-order valence-corrected chi connectivity index (χ4v) is 1.71. The summed E-state index contributed by atoms with van der Waals surface area (Å²) >= 11 is 0. The fourth-order valence-electron chi connectivity index (χ4n) is 1.71. The second-order valence-electron chi connectivity index (χ2n) is 4.56. The van der Waals surface area contributed by atoms with Crippen LogP contribution in [0.1, 0.15) is 35.0 Å². The lowest BCUT2D eigenvalue weighted by Gasteiger charge is -2.09. The van der Waals surface area contributed by atoms with Crippen LogP contribution in [0.5, 0.6) is 0 Å². The van der Waals surface area contributed by atoms with Crippen molar-refractivity contribution in [3.05, 3.63) is 33.4 Å². The quantitative estimate of drug-likeness (QED) is 0.772. The Labute approximate surface area is 126 Å². The van der Waals surface area contributed by atoms with E-state index >= 15 is 0 Å².